The van der Waals surface area contributed by atoms with E-state index in [1.807, 2.05) is 60.7 Å². The quantitative estimate of drug-likeness (QED) is 0.528. The third-order valence-electron chi connectivity index (χ3n) is 3.23. The topological polar surface area (TPSA) is 56.0 Å². The normalized spacial score (nSPS) is 10.3. The fraction of sp³-hybridized carbons (Fsp3) is 0. The predicted octanol–water partition coefficient (Wildman–Crippen LogP) is 4.32. The van der Waals surface area contributed by atoms with Crippen LogP contribution in [0, 0.1) is 10.1 Å². The molecule has 0 atom stereocenters. The third kappa shape index (κ3) is 2.65. The summed E-state index contributed by atoms with van der Waals surface area (Å²) in [5, 5.41) is 11.2. The first kappa shape index (κ1) is 13.0. The number of pyridine rings is 1. The molecule has 0 N–H and O–H groups in total. The molecule has 1 heterocycles. The van der Waals surface area contributed by atoms with Crippen molar-refractivity contribution in [3.05, 3.63) is 83.0 Å². The average molecular weight is 276 g/mol. The Morgan fingerprint density at radius 2 is 1.43 bits per heavy atom. The highest BCUT2D eigenvalue weighted by atomic mass is 16.6. The van der Waals surface area contributed by atoms with E-state index in [-0.39, 0.29) is 5.69 Å². The molecule has 102 valence electrons. The summed E-state index contributed by atoms with van der Waals surface area (Å²) in [6.45, 7) is 0. The van der Waals surface area contributed by atoms with Gasteiger partial charge in [-0.05, 0) is 11.6 Å². The summed E-state index contributed by atoms with van der Waals surface area (Å²) >= 11 is 0. The zero-order valence-electron chi connectivity index (χ0n) is 11.1. The van der Waals surface area contributed by atoms with Crippen LogP contribution in [0.15, 0.2) is 72.9 Å². The van der Waals surface area contributed by atoms with Crippen LogP contribution >= 0.6 is 0 Å². The van der Waals surface area contributed by atoms with E-state index in [2.05, 4.69) is 4.98 Å². The molecule has 21 heavy (non-hydrogen) atoms. The second-order valence-corrected chi connectivity index (χ2v) is 4.58. The maximum atomic E-state index is 11.2. The Kier molecular flexibility index (Phi) is 3.43. The van der Waals surface area contributed by atoms with Crippen LogP contribution in [-0.4, -0.2) is 9.91 Å². The summed E-state index contributed by atoms with van der Waals surface area (Å²) in [5.74, 6) is 0. The minimum atomic E-state index is -0.399. The molecule has 3 aromatic rings. The second kappa shape index (κ2) is 5.54. The van der Waals surface area contributed by atoms with Gasteiger partial charge < -0.3 is 0 Å². The third-order valence-corrected chi connectivity index (χ3v) is 3.23. The number of nitrogens with zero attached hydrogens (tertiary/aromatic N) is 2. The molecule has 4 heteroatoms. The molecule has 0 aliphatic rings. The molecule has 0 aliphatic carbocycles. The number of hydrogen-bond donors (Lipinski definition) is 0. The Morgan fingerprint density at radius 3 is 2.00 bits per heavy atom. The number of nitro groups is 1. The van der Waals surface area contributed by atoms with Crippen LogP contribution in [0.25, 0.3) is 22.4 Å². The maximum Gasteiger partial charge on any atom is 0.295 e. The molecule has 1 aromatic heterocycles. The van der Waals surface area contributed by atoms with Gasteiger partial charge in [-0.25, -0.2) is 4.98 Å². The lowest BCUT2D eigenvalue weighted by Crippen LogP contribution is -1.95. The van der Waals surface area contributed by atoms with Crippen molar-refractivity contribution in [2.45, 2.75) is 0 Å². The van der Waals surface area contributed by atoms with Gasteiger partial charge in [-0.1, -0.05) is 60.7 Å². The maximum absolute atomic E-state index is 11.2. The number of aromatic nitrogens is 1. The van der Waals surface area contributed by atoms with Crippen LogP contribution in [-0.2, 0) is 0 Å². The van der Waals surface area contributed by atoms with E-state index in [0.29, 0.717) is 5.56 Å². The lowest BCUT2D eigenvalue weighted by Gasteiger charge is -2.06. The first-order chi connectivity index (χ1) is 10.3. The zero-order valence-corrected chi connectivity index (χ0v) is 11.1. The minimum Gasteiger partial charge on any atom is -0.258 e. The smallest absolute Gasteiger partial charge is 0.258 e. The average Bonchev–Trinajstić information content (AvgIpc) is 2.56. The lowest BCUT2D eigenvalue weighted by molar-refractivity contribution is -0.384. The number of rotatable bonds is 3. The van der Waals surface area contributed by atoms with Gasteiger partial charge in [0.25, 0.3) is 5.69 Å². The predicted molar refractivity (Wildman–Crippen MR) is 81.8 cm³/mol. The van der Waals surface area contributed by atoms with Crippen LogP contribution in [0.2, 0.25) is 0 Å². The van der Waals surface area contributed by atoms with Crippen molar-refractivity contribution in [2.24, 2.45) is 0 Å². The molecule has 4 nitrogen and oxygen atoms in total. The molecule has 0 saturated carbocycles. The fourth-order valence-electron chi connectivity index (χ4n) is 2.21. The molecule has 0 fully saturated rings. The number of hydrogen-bond acceptors (Lipinski definition) is 3. The lowest BCUT2D eigenvalue weighted by atomic mass is 10.0. The van der Waals surface area contributed by atoms with Gasteiger partial charge in [0.2, 0.25) is 0 Å². The summed E-state index contributed by atoms with van der Waals surface area (Å²) in [5.41, 5.74) is 3.06. The van der Waals surface area contributed by atoms with Crippen molar-refractivity contribution in [3.63, 3.8) is 0 Å². The molecular formula is C17H12N2O2. The largest absolute Gasteiger partial charge is 0.295 e. The van der Waals surface area contributed by atoms with Crippen LogP contribution in [0.4, 0.5) is 5.69 Å². The summed E-state index contributed by atoms with van der Waals surface area (Å²) in [6.07, 6.45) is 1.32. The molecule has 0 unspecified atom stereocenters. The van der Waals surface area contributed by atoms with Gasteiger partial charge in [-0.2, -0.15) is 0 Å². The molecule has 0 amide bonds. The van der Waals surface area contributed by atoms with Gasteiger partial charge in [0.15, 0.2) is 0 Å². The Hall–Kier alpha value is -3.01. The van der Waals surface area contributed by atoms with Crippen molar-refractivity contribution in [3.8, 4) is 22.4 Å². The van der Waals surface area contributed by atoms with E-state index >= 15 is 0 Å². The van der Waals surface area contributed by atoms with E-state index < -0.39 is 4.92 Å². The van der Waals surface area contributed by atoms with E-state index in [1.165, 1.54) is 6.20 Å². The second-order valence-electron chi connectivity index (χ2n) is 4.58. The monoisotopic (exact) mass is 276 g/mol. The molecule has 2 aromatic carbocycles. The van der Waals surface area contributed by atoms with Crippen molar-refractivity contribution in [1.29, 1.82) is 0 Å². The first-order valence-electron chi connectivity index (χ1n) is 6.51. The summed E-state index contributed by atoms with van der Waals surface area (Å²) in [7, 11) is 0. The first-order valence-corrected chi connectivity index (χ1v) is 6.51. The van der Waals surface area contributed by atoms with Crippen LogP contribution < -0.4 is 0 Å². The van der Waals surface area contributed by atoms with Crippen LogP contribution in [0.1, 0.15) is 0 Å². The van der Waals surface area contributed by atoms with Gasteiger partial charge in [-0.15, -0.1) is 0 Å². The van der Waals surface area contributed by atoms with Crippen molar-refractivity contribution < 1.29 is 4.92 Å². The summed E-state index contributed by atoms with van der Waals surface area (Å²) < 4.78 is 0. The minimum absolute atomic E-state index is 0.0147. The molecule has 0 radical (unpaired) electrons. The van der Waals surface area contributed by atoms with E-state index in [4.69, 9.17) is 0 Å². The molecule has 0 bridgehead atoms. The molecule has 3 rings (SSSR count). The molecular weight excluding hydrogens is 264 g/mol. The summed E-state index contributed by atoms with van der Waals surface area (Å²) in [6, 6.07) is 20.7. The highest BCUT2D eigenvalue weighted by molar-refractivity contribution is 5.77. The van der Waals surface area contributed by atoms with Crippen LogP contribution in [0.5, 0.6) is 0 Å². The Labute approximate surface area is 121 Å². The van der Waals surface area contributed by atoms with E-state index in [1.54, 1.807) is 6.07 Å². The fourth-order valence-corrected chi connectivity index (χ4v) is 2.21. The van der Waals surface area contributed by atoms with Gasteiger partial charge in [0.1, 0.15) is 6.20 Å². The molecule has 0 spiro atoms. The van der Waals surface area contributed by atoms with E-state index in [9.17, 15) is 10.1 Å². The molecule has 0 aliphatic heterocycles. The number of benzene rings is 2. The van der Waals surface area contributed by atoms with Gasteiger partial charge in [0.05, 0.1) is 16.2 Å². The SMILES string of the molecule is O=[N+]([O-])c1cnc(-c2ccccc2)cc1-c1ccccc1. The zero-order chi connectivity index (χ0) is 14.7. The van der Waals surface area contributed by atoms with Crippen molar-refractivity contribution in [2.75, 3.05) is 0 Å². The van der Waals surface area contributed by atoms with Gasteiger partial charge in [-0.3, -0.25) is 10.1 Å². The standard InChI is InChI=1S/C17H12N2O2/c20-19(21)17-12-18-16(14-9-5-2-6-10-14)11-15(17)13-7-3-1-4-8-13/h1-12H. The van der Waals surface area contributed by atoms with E-state index in [0.717, 1.165) is 16.8 Å². The Balaban J connectivity index is 2.18. The van der Waals surface area contributed by atoms with Crippen LogP contribution in [0.3, 0.4) is 0 Å². The van der Waals surface area contributed by atoms with Gasteiger partial charge >= 0.3 is 0 Å². The van der Waals surface area contributed by atoms with Gasteiger partial charge in [0, 0.05) is 5.56 Å². The highest BCUT2D eigenvalue weighted by Crippen LogP contribution is 2.32. The Bertz CT molecular complexity index is 771. The van der Waals surface area contributed by atoms with Crippen molar-refractivity contribution >= 4 is 5.69 Å². The highest BCUT2D eigenvalue weighted by Gasteiger charge is 2.17. The Morgan fingerprint density at radius 1 is 0.857 bits per heavy atom. The molecule has 0 saturated heterocycles. The van der Waals surface area contributed by atoms with Crippen molar-refractivity contribution in [1.82, 2.24) is 4.98 Å². The summed E-state index contributed by atoms with van der Waals surface area (Å²) in [4.78, 5) is 15.0.